The van der Waals surface area contributed by atoms with E-state index in [1.807, 2.05) is 18.2 Å². The molecule has 3 rings (SSSR count). The van der Waals surface area contributed by atoms with Gasteiger partial charge in [-0.2, -0.15) is 0 Å². The maximum absolute atomic E-state index is 5.91. The second-order valence-corrected chi connectivity index (χ2v) is 4.93. The van der Waals surface area contributed by atoms with Gasteiger partial charge in [-0.1, -0.05) is 31.7 Å². The lowest BCUT2D eigenvalue weighted by molar-refractivity contribution is 0.438. The van der Waals surface area contributed by atoms with Gasteiger partial charge in [-0.25, -0.2) is 4.98 Å². The third kappa shape index (κ3) is 2.02. The molecule has 17 heavy (non-hydrogen) atoms. The van der Waals surface area contributed by atoms with Gasteiger partial charge in [0.2, 0.25) is 0 Å². The molecule has 3 nitrogen and oxygen atoms in total. The Morgan fingerprint density at radius 3 is 2.59 bits per heavy atom. The maximum Gasteiger partial charge on any atom is 0.198 e. The van der Waals surface area contributed by atoms with Crippen LogP contribution in [0, 0.1) is 0 Å². The highest BCUT2D eigenvalue weighted by atomic mass is 16.3. The summed E-state index contributed by atoms with van der Waals surface area (Å²) in [6.45, 7) is 0. The molecule has 90 valence electrons. The van der Waals surface area contributed by atoms with Crippen LogP contribution in [0.5, 0.6) is 0 Å². The Morgan fingerprint density at radius 2 is 1.88 bits per heavy atom. The molecule has 0 bridgehead atoms. The first-order chi connectivity index (χ1) is 8.34. The largest absolute Gasteiger partial charge is 0.440 e. The lowest BCUT2D eigenvalue weighted by Gasteiger charge is -2.07. The van der Waals surface area contributed by atoms with Gasteiger partial charge in [-0.15, -0.1) is 0 Å². The van der Waals surface area contributed by atoms with E-state index in [2.05, 4.69) is 4.98 Å². The van der Waals surface area contributed by atoms with E-state index in [1.165, 1.54) is 38.5 Å². The first-order valence-electron chi connectivity index (χ1n) is 6.49. The lowest BCUT2D eigenvalue weighted by Crippen LogP contribution is -1.97. The first kappa shape index (κ1) is 10.6. The number of benzene rings is 1. The molecule has 3 heteroatoms. The number of nitrogens with zero attached hydrogens (tertiary/aromatic N) is 1. The van der Waals surface area contributed by atoms with Gasteiger partial charge in [0.15, 0.2) is 11.5 Å². The second kappa shape index (κ2) is 4.40. The van der Waals surface area contributed by atoms with Crippen LogP contribution in [-0.4, -0.2) is 4.98 Å². The van der Waals surface area contributed by atoms with E-state index < -0.39 is 0 Å². The van der Waals surface area contributed by atoms with Crippen LogP contribution < -0.4 is 5.73 Å². The number of nitrogen functional groups attached to an aromatic ring is 1. The molecule has 1 aromatic heterocycles. The molecular weight excluding hydrogens is 212 g/mol. The fraction of sp³-hybridized carbons (Fsp3) is 0.500. The van der Waals surface area contributed by atoms with Crippen LogP contribution in [0.3, 0.4) is 0 Å². The summed E-state index contributed by atoms with van der Waals surface area (Å²) in [6.07, 6.45) is 7.68. The zero-order chi connectivity index (χ0) is 11.7. The van der Waals surface area contributed by atoms with Crippen molar-refractivity contribution in [3.8, 4) is 0 Å². The number of para-hydroxylation sites is 1. The molecule has 0 aliphatic heterocycles. The van der Waals surface area contributed by atoms with Gasteiger partial charge in [0.25, 0.3) is 0 Å². The molecule has 1 aliphatic rings. The van der Waals surface area contributed by atoms with Crippen LogP contribution in [0.15, 0.2) is 22.6 Å². The fourth-order valence-corrected chi connectivity index (χ4v) is 2.69. The molecule has 0 spiro atoms. The Morgan fingerprint density at radius 1 is 1.12 bits per heavy atom. The van der Waals surface area contributed by atoms with Crippen molar-refractivity contribution < 1.29 is 4.42 Å². The van der Waals surface area contributed by atoms with Gasteiger partial charge in [0, 0.05) is 5.92 Å². The number of hydrogen-bond acceptors (Lipinski definition) is 3. The minimum Gasteiger partial charge on any atom is -0.440 e. The van der Waals surface area contributed by atoms with Crippen LogP contribution in [0.25, 0.3) is 11.1 Å². The number of fused-ring (bicyclic) bond motifs is 1. The van der Waals surface area contributed by atoms with Gasteiger partial charge in [0.05, 0.1) is 5.69 Å². The summed E-state index contributed by atoms with van der Waals surface area (Å²) in [5.74, 6) is 1.38. The van der Waals surface area contributed by atoms with Crippen molar-refractivity contribution in [3.63, 3.8) is 0 Å². The molecular formula is C14H18N2O. The summed E-state index contributed by atoms with van der Waals surface area (Å²) >= 11 is 0. The topological polar surface area (TPSA) is 52.0 Å². The van der Waals surface area contributed by atoms with E-state index in [4.69, 9.17) is 10.2 Å². The Balaban J connectivity index is 1.96. The van der Waals surface area contributed by atoms with E-state index in [0.717, 1.165) is 17.0 Å². The number of anilines is 1. The molecule has 1 heterocycles. The highest BCUT2D eigenvalue weighted by molar-refractivity contribution is 5.85. The third-order valence-corrected chi connectivity index (χ3v) is 3.67. The van der Waals surface area contributed by atoms with Crippen molar-refractivity contribution in [1.29, 1.82) is 0 Å². The number of nitrogens with two attached hydrogens (primary N) is 1. The summed E-state index contributed by atoms with van der Waals surface area (Å²) in [7, 11) is 0. The van der Waals surface area contributed by atoms with Crippen LogP contribution in [0.1, 0.15) is 50.3 Å². The molecule has 2 aromatic rings. The Kier molecular flexibility index (Phi) is 2.75. The minimum atomic E-state index is 0.490. The second-order valence-electron chi connectivity index (χ2n) is 4.93. The van der Waals surface area contributed by atoms with Crippen molar-refractivity contribution in [2.45, 2.75) is 44.4 Å². The average molecular weight is 230 g/mol. The summed E-state index contributed by atoms with van der Waals surface area (Å²) < 4.78 is 5.85. The third-order valence-electron chi connectivity index (χ3n) is 3.67. The first-order valence-corrected chi connectivity index (χ1v) is 6.49. The van der Waals surface area contributed by atoms with Crippen LogP contribution in [0.4, 0.5) is 5.69 Å². The van der Waals surface area contributed by atoms with Gasteiger partial charge in [-0.05, 0) is 25.0 Å². The Hall–Kier alpha value is -1.51. The summed E-state index contributed by atoms with van der Waals surface area (Å²) in [6, 6.07) is 5.74. The minimum absolute atomic E-state index is 0.490. The highest BCUT2D eigenvalue weighted by Gasteiger charge is 2.20. The summed E-state index contributed by atoms with van der Waals surface area (Å²) in [4.78, 5) is 4.59. The van der Waals surface area contributed by atoms with Crippen molar-refractivity contribution in [2.24, 2.45) is 0 Å². The van der Waals surface area contributed by atoms with Gasteiger partial charge in [0.1, 0.15) is 5.52 Å². The van der Waals surface area contributed by atoms with E-state index >= 15 is 0 Å². The molecule has 2 N–H and O–H groups in total. The monoisotopic (exact) mass is 230 g/mol. The number of rotatable bonds is 1. The van der Waals surface area contributed by atoms with Crippen molar-refractivity contribution in [1.82, 2.24) is 4.98 Å². The number of hydrogen-bond donors (Lipinski definition) is 1. The average Bonchev–Trinajstić information content (AvgIpc) is 2.59. The van der Waals surface area contributed by atoms with Crippen LogP contribution in [-0.2, 0) is 0 Å². The van der Waals surface area contributed by atoms with E-state index in [9.17, 15) is 0 Å². The predicted octanol–water partition coefficient (Wildman–Crippen LogP) is 3.85. The van der Waals surface area contributed by atoms with Gasteiger partial charge in [-0.3, -0.25) is 0 Å². The summed E-state index contributed by atoms with van der Waals surface area (Å²) in [5, 5.41) is 0. The van der Waals surface area contributed by atoms with Crippen molar-refractivity contribution >= 4 is 16.8 Å². The molecule has 0 unspecified atom stereocenters. The van der Waals surface area contributed by atoms with Gasteiger partial charge >= 0.3 is 0 Å². The van der Waals surface area contributed by atoms with Crippen LogP contribution in [0.2, 0.25) is 0 Å². The molecule has 0 saturated heterocycles. The van der Waals surface area contributed by atoms with Crippen LogP contribution >= 0.6 is 0 Å². The van der Waals surface area contributed by atoms with Crippen molar-refractivity contribution in [3.05, 3.63) is 24.1 Å². The van der Waals surface area contributed by atoms with Crippen molar-refractivity contribution in [2.75, 3.05) is 5.73 Å². The molecule has 0 atom stereocenters. The normalized spacial score (nSPS) is 18.4. The number of aromatic nitrogens is 1. The van der Waals surface area contributed by atoms with Gasteiger partial charge < -0.3 is 10.2 Å². The fourth-order valence-electron chi connectivity index (χ4n) is 2.69. The molecule has 0 radical (unpaired) electrons. The Bertz CT molecular complexity index is 510. The SMILES string of the molecule is Nc1cccc2oc(C3CCCCCC3)nc12. The maximum atomic E-state index is 5.91. The Labute approximate surface area is 101 Å². The van der Waals surface area contributed by atoms with E-state index in [0.29, 0.717) is 11.6 Å². The molecule has 1 aliphatic carbocycles. The zero-order valence-corrected chi connectivity index (χ0v) is 9.98. The molecule has 1 fully saturated rings. The predicted molar refractivity (Wildman–Crippen MR) is 68.9 cm³/mol. The zero-order valence-electron chi connectivity index (χ0n) is 9.98. The molecule has 0 amide bonds. The summed E-state index contributed by atoms with van der Waals surface area (Å²) in [5.41, 5.74) is 8.27. The molecule has 1 aromatic carbocycles. The van der Waals surface area contributed by atoms with E-state index in [-0.39, 0.29) is 0 Å². The van der Waals surface area contributed by atoms with E-state index in [1.54, 1.807) is 0 Å². The quantitative estimate of drug-likeness (QED) is 0.598. The lowest BCUT2D eigenvalue weighted by atomic mass is 10.0. The molecule has 1 saturated carbocycles. The highest BCUT2D eigenvalue weighted by Crippen LogP contribution is 2.33. The smallest absolute Gasteiger partial charge is 0.198 e. The number of oxazole rings is 1. The standard InChI is InChI=1S/C14H18N2O/c15-11-8-5-9-12-13(11)16-14(17-12)10-6-3-1-2-4-7-10/h5,8-10H,1-4,6-7,15H2.